The van der Waals surface area contributed by atoms with Crippen molar-refractivity contribution in [1.82, 2.24) is 14.4 Å². The maximum Gasteiger partial charge on any atom is 0.314 e. The fourth-order valence-corrected chi connectivity index (χ4v) is 9.18. The molecule has 8 heteroatoms. The zero-order valence-electron chi connectivity index (χ0n) is 37.9. The van der Waals surface area contributed by atoms with E-state index in [4.69, 9.17) is 9.72 Å². The second-order valence-electron chi connectivity index (χ2n) is 19.1. The largest absolute Gasteiger partial charge is 0.509 e. The molecule has 0 fully saturated rings. The van der Waals surface area contributed by atoms with Crippen molar-refractivity contribution in [3.05, 3.63) is 229 Å². The second kappa shape index (κ2) is 16.9. The van der Waals surface area contributed by atoms with Crippen molar-refractivity contribution >= 4 is 56.9 Å². The molecule has 0 unspecified atom stereocenters. The second-order valence-corrected chi connectivity index (χ2v) is 19.1. The molecule has 0 radical (unpaired) electrons. The Bertz CT molecular complexity index is 3260. The van der Waals surface area contributed by atoms with Gasteiger partial charge in [0.15, 0.2) is 0 Å². The van der Waals surface area contributed by atoms with Crippen molar-refractivity contribution in [2.75, 3.05) is 9.80 Å². The molecule has 0 N–H and O–H groups in total. The summed E-state index contributed by atoms with van der Waals surface area (Å²) in [5, 5.41) is 2.23. The molecular formula is C58H49BN5OPt-3. The molecule has 6 aromatic carbocycles. The van der Waals surface area contributed by atoms with Crippen LogP contribution in [0.1, 0.15) is 63.8 Å². The summed E-state index contributed by atoms with van der Waals surface area (Å²) in [6.07, 6.45) is 8.74. The van der Waals surface area contributed by atoms with E-state index < -0.39 is 0 Å². The van der Waals surface area contributed by atoms with Crippen molar-refractivity contribution in [2.24, 2.45) is 0 Å². The van der Waals surface area contributed by atoms with Crippen LogP contribution < -0.4 is 14.5 Å². The first-order valence-electron chi connectivity index (χ1n) is 22.4. The quantitative estimate of drug-likeness (QED) is 0.117. The molecule has 328 valence electrons. The van der Waals surface area contributed by atoms with Crippen LogP contribution in [0.5, 0.6) is 11.5 Å². The van der Waals surface area contributed by atoms with Gasteiger partial charge in [0.1, 0.15) is 5.82 Å². The Hall–Kier alpha value is -6.82. The van der Waals surface area contributed by atoms with E-state index in [-0.39, 0.29) is 38.7 Å². The standard InChI is InChI=1S/C58H49BN5O.Pt/c1-57(2,3)43-25-23-40(24-26-43)42-29-32-59-33-30-48(41-15-8-7-9-16-41)56(63(59)38-42)62-39-61(52-21-12-13-22-53(52)62)45-17-14-18-46(36-45)65-47-27-28-50-49-19-10-11-20-51(49)64(54(50)37-47)55-35-44(31-34-60-55)58(4,5)6;/h7-35,38-39H,1-6H3;/q-3;. The molecule has 5 heterocycles. The van der Waals surface area contributed by atoms with Gasteiger partial charge in [0.25, 0.3) is 0 Å². The van der Waals surface area contributed by atoms with Crippen LogP contribution in [-0.2, 0) is 31.9 Å². The third-order valence-electron chi connectivity index (χ3n) is 12.7. The van der Waals surface area contributed by atoms with E-state index in [1.54, 1.807) is 0 Å². The molecule has 0 saturated carbocycles. The summed E-state index contributed by atoms with van der Waals surface area (Å²) in [6, 6.07) is 58.5. The van der Waals surface area contributed by atoms with Gasteiger partial charge >= 0.3 is 6.85 Å². The van der Waals surface area contributed by atoms with Gasteiger partial charge in [0.05, 0.1) is 5.82 Å². The predicted octanol–water partition coefficient (Wildman–Crippen LogP) is 14.2. The zero-order valence-corrected chi connectivity index (χ0v) is 40.2. The molecule has 0 saturated heterocycles. The Labute approximate surface area is 403 Å². The third-order valence-corrected chi connectivity index (χ3v) is 12.7. The summed E-state index contributed by atoms with van der Waals surface area (Å²) < 4.78 is 8.86. The van der Waals surface area contributed by atoms with Gasteiger partial charge in [0.2, 0.25) is 0 Å². The van der Waals surface area contributed by atoms with E-state index in [9.17, 15) is 0 Å². The van der Waals surface area contributed by atoms with Crippen LogP contribution in [0, 0.1) is 18.8 Å². The summed E-state index contributed by atoms with van der Waals surface area (Å²) in [7, 11) is 0. The minimum absolute atomic E-state index is 0. The number of benzene rings is 6. The molecule has 0 spiro atoms. The Morgan fingerprint density at radius 2 is 1.30 bits per heavy atom. The number of fused-ring (bicyclic) bond motifs is 5. The van der Waals surface area contributed by atoms with Crippen LogP contribution in [0.15, 0.2) is 188 Å². The van der Waals surface area contributed by atoms with Gasteiger partial charge < -0.3 is 23.9 Å². The molecule has 2 aromatic heterocycles. The first kappa shape index (κ1) is 43.1. The van der Waals surface area contributed by atoms with E-state index in [1.165, 1.54) is 16.7 Å². The van der Waals surface area contributed by atoms with Gasteiger partial charge in [-0.05, 0) is 74.4 Å². The summed E-state index contributed by atoms with van der Waals surface area (Å²) in [6.45, 7) is 15.7. The Kier molecular flexibility index (Phi) is 11.0. The molecule has 0 aliphatic carbocycles. The topological polar surface area (TPSA) is 36.8 Å². The zero-order chi connectivity index (χ0) is 44.5. The number of pyridine rings is 1. The van der Waals surface area contributed by atoms with E-state index in [0.29, 0.717) is 11.5 Å². The monoisotopic (exact) mass is 1040 g/mol. The van der Waals surface area contributed by atoms with Crippen LogP contribution in [-0.4, -0.2) is 21.2 Å². The van der Waals surface area contributed by atoms with E-state index in [2.05, 4.69) is 237 Å². The summed E-state index contributed by atoms with van der Waals surface area (Å²) in [4.78, 5) is 11.8. The maximum absolute atomic E-state index is 6.67. The predicted molar refractivity (Wildman–Crippen MR) is 269 cm³/mol. The molecule has 0 bridgehead atoms. The van der Waals surface area contributed by atoms with Gasteiger partial charge in [-0.25, -0.2) is 4.98 Å². The fourth-order valence-electron chi connectivity index (χ4n) is 9.18. The smallest absolute Gasteiger partial charge is 0.314 e. The number of allylic oxidation sites excluding steroid dienone is 4. The average molecular weight is 1040 g/mol. The molecule has 0 amide bonds. The number of nitrogens with zero attached hydrogens (tertiary/aromatic N) is 5. The maximum atomic E-state index is 6.67. The van der Waals surface area contributed by atoms with Gasteiger partial charge in [-0.1, -0.05) is 156 Å². The normalized spacial score (nSPS) is 14.7. The molecule has 8 aromatic rings. The van der Waals surface area contributed by atoms with Crippen LogP contribution in [0.4, 0.5) is 17.1 Å². The van der Waals surface area contributed by atoms with Crippen molar-refractivity contribution in [1.29, 1.82) is 0 Å². The summed E-state index contributed by atoms with van der Waals surface area (Å²) >= 11 is 0. The Balaban J connectivity index is 0.00000511. The van der Waals surface area contributed by atoms with Gasteiger partial charge in [-0.15, -0.1) is 48.1 Å². The van der Waals surface area contributed by atoms with Gasteiger partial charge in [-0.2, -0.15) is 12.1 Å². The third kappa shape index (κ3) is 7.79. The first-order chi connectivity index (χ1) is 31.5. The van der Waals surface area contributed by atoms with Crippen LogP contribution in [0.2, 0.25) is 0 Å². The minimum atomic E-state index is -0.0263. The molecule has 11 rings (SSSR count). The summed E-state index contributed by atoms with van der Waals surface area (Å²) in [5.41, 5.74) is 12.2. The first-order valence-corrected chi connectivity index (χ1v) is 22.4. The molecule has 3 aliphatic heterocycles. The van der Waals surface area contributed by atoms with Crippen molar-refractivity contribution in [3.63, 3.8) is 0 Å². The van der Waals surface area contributed by atoms with Crippen LogP contribution in [0.25, 0.3) is 38.8 Å². The average Bonchev–Trinajstić information content (AvgIpc) is 3.87. The fraction of sp³-hybridized carbons (Fsp3) is 0.138. The Morgan fingerprint density at radius 3 is 2.08 bits per heavy atom. The molecular weight excluding hydrogens is 989 g/mol. The molecule has 6 nitrogen and oxygen atoms in total. The van der Waals surface area contributed by atoms with E-state index >= 15 is 0 Å². The number of hydrogen-bond donors (Lipinski definition) is 0. The number of aromatic nitrogens is 2. The number of anilines is 3. The number of ether oxygens (including phenoxy) is 1. The number of rotatable bonds is 7. The van der Waals surface area contributed by atoms with Crippen molar-refractivity contribution in [2.45, 2.75) is 52.4 Å². The molecule has 66 heavy (non-hydrogen) atoms. The Morgan fingerprint density at radius 1 is 0.606 bits per heavy atom. The van der Waals surface area contributed by atoms with E-state index in [0.717, 1.165) is 67.2 Å². The number of hydrogen-bond acceptors (Lipinski definition) is 5. The summed E-state index contributed by atoms with van der Waals surface area (Å²) in [5.74, 6) is 7.70. The molecule has 3 aliphatic rings. The van der Waals surface area contributed by atoms with Crippen LogP contribution in [0.3, 0.4) is 0 Å². The van der Waals surface area contributed by atoms with Crippen LogP contribution >= 0.6 is 0 Å². The SMILES string of the molecule is CC(C)(C)c1ccc(C2=CN3B(C=C2)C=CC(c2ccccc2)=C3N2[CH-]N(c3[c-]c(Oc4[c-]c5c(cc4)c4ccccc4n5-c4cc(C(C)(C)C)ccn4)ccc3)c3ccccc32)cc1.[Pt]. The van der Waals surface area contributed by atoms with Gasteiger partial charge in [0, 0.05) is 67.4 Å². The van der Waals surface area contributed by atoms with E-state index in [1.807, 2.05) is 24.4 Å². The molecule has 0 atom stereocenters. The van der Waals surface area contributed by atoms with Crippen molar-refractivity contribution < 1.29 is 25.8 Å². The van der Waals surface area contributed by atoms with Crippen molar-refractivity contribution in [3.8, 4) is 17.3 Å². The van der Waals surface area contributed by atoms with Gasteiger partial charge in [-0.3, -0.25) is 0 Å². The minimum Gasteiger partial charge on any atom is -0.509 e. The number of para-hydroxylation sites is 3.